The molecule has 1 unspecified atom stereocenters. The molecule has 2 amide bonds. The summed E-state index contributed by atoms with van der Waals surface area (Å²) in [6, 6.07) is 13.0. The zero-order valence-corrected chi connectivity index (χ0v) is 20.7. The standard InChI is InChI=1S/C26H21N3O6S/c1-13-19(25(33)35-4)21(15-9-11-16(34-3)12-10-15)29-24(32)22(36-26(29)27-13)20-17-7-5-6-8-18(17)28(14(2)30)23(20)31/h5-12,21H,1-4H3. The van der Waals surface area contributed by atoms with Crippen LogP contribution in [0.15, 0.2) is 69.6 Å². The molecule has 1 atom stereocenters. The van der Waals surface area contributed by atoms with Gasteiger partial charge in [0.1, 0.15) is 10.3 Å². The number of methoxy groups -OCH3 is 2. The van der Waals surface area contributed by atoms with Gasteiger partial charge in [-0.2, -0.15) is 0 Å². The quantitative estimate of drug-likeness (QED) is 0.504. The van der Waals surface area contributed by atoms with Gasteiger partial charge in [-0.3, -0.25) is 19.0 Å². The Bertz CT molecular complexity index is 1660. The van der Waals surface area contributed by atoms with E-state index < -0.39 is 29.4 Å². The Kier molecular flexibility index (Phi) is 5.68. The van der Waals surface area contributed by atoms with Crippen LogP contribution in [0, 0.1) is 0 Å². The minimum absolute atomic E-state index is 0.138. The van der Waals surface area contributed by atoms with Gasteiger partial charge in [-0.25, -0.2) is 14.7 Å². The average Bonchev–Trinajstić information content (AvgIpc) is 3.35. The summed E-state index contributed by atoms with van der Waals surface area (Å²) in [6.45, 7) is 2.98. The number of anilines is 1. The number of ether oxygens (including phenoxy) is 2. The molecule has 2 aromatic carbocycles. The summed E-state index contributed by atoms with van der Waals surface area (Å²) in [7, 11) is 2.82. The lowest BCUT2D eigenvalue weighted by molar-refractivity contribution is -0.136. The molecule has 0 bridgehead atoms. The summed E-state index contributed by atoms with van der Waals surface area (Å²) in [5.74, 6) is -1.01. The maximum atomic E-state index is 13.9. The molecule has 0 radical (unpaired) electrons. The fourth-order valence-corrected chi connectivity index (χ4v) is 5.73. The van der Waals surface area contributed by atoms with Crippen LogP contribution in [0.2, 0.25) is 0 Å². The summed E-state index contributed by atoms with van der Waals surface area (Å²) in [5.41, 5.74) is 1.84. The number of carbonyl (C=O) groups excluding carboxylic acids is 3. The minimum atomic E-state index is -0.829. The monoisotopic (exact) mass is 503 g/mol. The number of aromatic nitrogens is 1. The Hall–Kier alpha value is -4.31. The maximum Gasteiger partial charge on any atom is 0.338 e. The van der Waals surface area contributed by atoms with Crippen LogP contribution in [0.25, 0.3) is 5.57 Å². The van der Waals surface area contributed by atoms with Crippen LogP contribution >= 0.6 is 11.3 Å². The van der Waals surface area contributed by atoms with Crippen molar-refractivity contribution in [3.8, 4) is 5.75 Å². The Morgan fingerprint density at radius 2 is 1.72 bits per heavy atom. The molecule has 2 aliphatic rings. The molecular formula is C26H21N3O6S. The lowest BCUT2D eigenvalue weighted by Gasteiger charge is -2.24. The van der Waals surface area contributed by atoms with Gasteiger partial charge in [0.15, 0.2) is 4.80 Å². The summed E-state index contributed by atoms with van der Waals surface area (Å²) in [5, 5.41) is 0. The van der Waals surface area contributed by atoms with E-state index in [1.807, 2.05) is 0 Å². The number of hydrogen-bond acceptors (Lipinski definition) is 8. The van der Waals surface area contributed by atoms with Crippen molar-refractivity contribution in [1.82, 2.24) is 4.57 Å². The van der Waals surface area contributed by atoms with Gasteiger partial charge >= 0.3 is 5.97 Å². The van der Waals surface area contributed by atoms with Gasteiger partial charge in [-0.15, -0.1) is 0 Å². The first-order valence-corrected chi connectivity index (χ1v) is 11.8. The van der Waals surface area contributed by atoms with Crippen molar-refractivity contribution in [1.29, 1.82) is 0 Å². The molecule has 3 aromatic rings. The van der Waals surface area contributed by atoms with Gasteiger partial charge in [-0.1, -0.05) is 41.7 Å². The molecule has 5 rings (SSSR count). The Morgan fingerprint density at radius 3 is 2.36 bits per heavy atom. The van der Waals surface area contributed by atoms with Crippen molar-refractivity contribution in [2.24, 2.45) is 4.99 Å². The highest BCUT2D eigenvalue weighted by Gasteiger charge is 2.38. The third kappa shape index (κ3) is 3.41. The average molecular weight is 504 g/mol. The highest BCUT2D eigenvalue weighted by Crippen LogP contribution is 2.36. The van der Waals surface area contributed by atoms with Crippen LogP contribution < -0.4 is 24.5 Å². The van der Waals surface area contributed by atoms with Crippen molar-refractivity contribution < 1.29 is 23.9 Å². The van der Waals surface area contributed by atoms with Gasteiger partial charge < -0.3 is 9.47 Å². The van der Waals surface area contributed by atoms with Crippen LogP contribution in [0.5, 0.6) is 5.75 Å². The van der Waals surface area contributed by atoms with E-state index in [2.05, 4.69) is 4.99 Å². The van der Waals surface area contributed by atoms with E-state index in [0.29, 0.717) is 33.1 Å². The first-order valence-electron chi connectivity index (χ1n) is 11.0. The molecule has 36 heavy (non-hydrogen) atoms. The molecule has 0 saturated carbocycles. The van der Waals surface area contributed by atoms with Crippen LogP contribution in [-0.4, -0.2) is 36.6 Å². The summed E-state index contributed by atoms with van der Waals surface area (Å²) in [4.78, 5) is 58.3. The second-order valence-electron chi connectivity index (χ2n) is 8.22. The number of hydrogen-bond donors (Lipinski definition) is 0. The number of para-hydroxylation sites is 1. The zero-order chi connectivity index (χ0) is 25.7. The van der Waals surface area contributed by atoms with Crippen LogP contribution in [0.1, 0.15) is 31.0 Å². The van der Waals surface area contributed by atoms with Gasteiger partial charge in [0.05, 0.1) is 42.8 Å². The molecule has 0 N–H and O–H groups in total. The van der Waals surface area contributed by atoms with E-state index in [-0.39, 0.29) is 15.7 Å². The first kappa shape index (κ1) is 23.4. The largest absolute Gasteiger partial charge is 0.497 e. The van der Waals surface area contributed by atoms with E-state index in [9.17, 15) is 19.2 Å². The lowest BCUT2D eigenvalue weighted by atomic mass is 9.96. The molecule has 182 valence electrons. The first-order chi connectivity index (χ1) is 17.3. The van der Waals surface area contributed by atoms with E-state index in [4.69, 9.17) is 9.47 Å². The van der Waals surface area contributed by atoms with Crippen molar-refractivity contribution in [2.45, 2.75) is 19.9 Å². The predicted octanol–water partition coefficient (Wildman–Crippen LogP) is 1.68. The number of imide groups is 1. The topological polar surface area (TPSA) is 107 Å². The number of esters is 1. The van der Waals surface area contributed by atoms with Crippen molar-refractivity contribution >= 4 is 40.4 Å². The fourth-order valence-electron chi connectivity index (χ4n) is 4.59. The second-order valence-corrected chi connectivity index (χ2v) is 9.20. The molecule has 0 fully saturated rings. The Balaban J connectivity index is 1.83. The number of rotatable bonds is 3. The number of thiazole rings is 1. The van der Waals surface area contributed by atoms with Gasteiger partial charge in [0, 0.05) is 12.5 Å². The Morgan fingerprint density at radius 1 is 1.03 bits per heavy atom. The molecule has 3 heterocycles. The van der Waals surface area contributed by atoms with Crippen molar-refractivity contribution in [3.63, 3.8) is 0 Å². The molecule has 9 nitrogen and oxygen atoms in total. The number of benzene rings is 2. The maximum absolute atomic E-state index is 13.9. The fraction of sp³-hybridized carbons (Fsp3) is 0.192. The SMILES string of the molecule is COC(=O)C1=C(C)N=c2sc(=C3C(=O)N(C(C)=O)c4ccccc43)c(=O)n2C1c1ccc(OC)cc1. The third-order valence-corrected chi connectivity index (χ3v) is 7.26. The molecule has 0 spiro atoms. The van der Waals surface area contributed by atoms with Gasteiger partial charge in [0.2, 0.25) is 5.91 Å². The highest BCUT2D eigenvalue weighted by atomic mass is 32.1. The molecule has 10 heteroatoms. The molecule has 2 aliphatic heterocycles. The molecular weight excluding hydrogens is 482 g/mol. The number of carbonyl (C=O) groups is 3. The van der Waals surface area contributed by atoms with Crippen molar-refractivity contribution in [2.75, 3.05) is 19.1 Å². The smallest absolute Gasteiger partial charge is 0.338 e. The van der Waals surface area contributed by atoms with Gasteiger partial charge in [-0.05, 0) is 30.7 Å². The van der Waals surface area contributed by atoms with E-state index in [0.717, 1.165) is 16.2 Å². The number of nitrogens with zero attached hydrogens (tertiary/aromatic N) is 3. The summed E-state index contributed by atoms with van der Waals surface area (Å²) >= 11 is 1.05. The second kappa shape index (κ2) is 8.72. The minimum Gasteiger partial charge on any atom is -0.497 e. The van der Waals surface area contributed by atoms with Crippen LogP contribution in [0.3, 0.4) is 0 Å². The Labute approximate surface area is 209 Å². The van der Waals surface area contributed by atoms with Crippen LogP contribution in [-0.2, 0) is 19.1 Å². The summed E-state index contributed by atoms with van der Waals surface area (Å²) < 4.78 is 11.8. The van der Waals surface area contributed by atoms with Crippen molar-refractivity contribution in [3.05, 3.63) is 90.6 Å². The van der Waals surface area contributed by atoms with E-state index in [1.54, 1.807) is 62.6 Å². The number of amides is 2. The number of fused-ring (bicyclic) bond motifs is 2. The van der Waals surface area contributed by atoms with Gasteiger partial charge in [0.25, 0.3) is 11.5 Å². The normalized spacial score (nSPS) is 17.9. The third-order valence-electron chi connectivity index (χ3n) is 6.21. The highest BCUT2D eigenvalue weighted by molar-refractivity contribution is 7.07. The molecule has 0 saturated heterocycles. The van der Waals surface area contributed by atoms with Crippen LogP contribution in [0.4, 0.5) is 5.69 Å². The lowest BCUT2D eigenvalue weighted by Crippen LogP contribution is -2.41. The predicted molar refractivity (Wildman–Crippen MR) is 132 cm³/mol. The number of allylic oxidation sites excluding steroid dienone is 1. The molecule has 1 aromatic heterocycles. The summed E-state index contributed by atoms with van der Waals surface area (Å²) in [6.07, 6.45) is 0. The van der Waals surface area contributed by atoms with E-state index >= 15 is 0 Å². The zero-order valence-electron chi connectivity index (χ0n) is 19.9. The molecule has 0 aliphatic carbocycles. The van der Waals surface area contributed by atoms with E-state index in [1.165, 1.54) is 18.6 Å².